The second kappa shape index (κ2) is 5.00. The lowest BCUT2D eigenvalue weighted by atomic mass is 10.0. The molecule has 1 atom stereocenters. The maximum absolute atomic E-state index is 6.10. The van der Waals surface area contributed by atoms with Crippen molar-refractivity contribution in [2.75, 3.05) is 0 Å². The molecule has 15 heavy (non-hydrogen) atoms. The van der Waals surface area contributed by atoms with Gasteiger partial charge in [0, 0.05) is 17.5 Å². The molecule has 84 valence electrons. The van der Waals surface area contributed by atoms with Crippen molar-refractivity contribution in [1.29, 1.82) is 0 Å². The Kier molecular flexibility index (Phi) is 4.18. The fourth-order valence-corrected chi connectivity index (χ4v) is 1.37. The van der Waals surface area contributed by atoms with Crippen LogP contribution in [-0.2, 0) is 6.54 Å². The number of hydrogen-bond acceptors (Lipinski definition) is 1. The minimum absolute atomic E-state index is 0.0364. The molecule has 0 radical (unpaired) electrons. The predicted octanol–water partition coefficient (Wildman–Crippen LogP) is 3.49. The summed E-state index contributed by atoms with van der Waals surface area (Å²) in [5.74, 6) is 0. The Morgan fingerprint density at radius 1 is 1.40 bits per heavy atom. The summed E-state index contributed by atoms with van der Waals surface area (Å²) in [6.07, 6.45) is 0. The largest absolute Gasteiger partial charge is 0.306 e. The lowest BCUT2D eigenvalue weighted by Gasteiger charge is -2.29. The number of nitrogens with one attached hydrogen (secondary N) is 1. The van der Waals surface area contributed by atoms with E-state index >= 15 is 0 Å². The van der Waals surface area contributed by atoms with Crippen LogP contribution in [-0.4, -0.2) is 10.9 Å². The zero-order valence-electron chi connectivity index (χ0n) is 9.97. The molecule has 1 unspecified atom stereocenters. The molecule has 0 aromatic heterocycles. The van der Waals surface area contributed by atoms with Crippen LogP contribution >= 0.6 is 11.6 Å². The summed E-state index contributed by atoms with van der Waals surface area (Å²) in [7, 11) is 0. The van der Waals surface area contributed by atoms with E-state index in [0.717, 1.165) is 6.54 Å². The van der Waals surface area contributed by atoms with Crippen LogP contribution in [0.1, 0.15) is 31.9 Å². The number of rotatable bonds is 4. The number of halogens is 1. The first-order chi connectivity index (χ1) is 6.92. The van der Waals surface area contributed by atoms with Crippen molar-refractivity contribution in [2.24, 2.45) is 0 Å². The highest BCUT2D eigenvalue weighted by atomic mass is 35.5. The molecule has 1 nitrogen and oxygen atoms in total. The van der Waals surface area contributed by atoms with Gasteiger partial charge < -0.3 is 5.32 Å². The summed E-state index contributed by atoms with van der Waals surface area (Å²) in [5, 5.41) is 3.58. The van der Waals surface area contributed by atoms with E-state index in [2.05, 4.69) is 50.4 Å². The zero-order valence-corrected chi connectivity index (χ0v) is 10.7. The van der Waals surface area contributed by atoms with Gasteiger partial charge in [0.25, 0.3) is 0 Å². The molecule has 1 rings (SSSR count). The summed E-state index contributed by atoms with van der Waals surface area (Å²) < 4.78 is 0. The van der Waals surface area contributed by atoms with E-state index in [0.29, 0.717) is 0 Å². The molecule has 0 amide bonds. The van der Waals surface area contributed by atoms with Crippen molar-refractivity contribution in [2.45, 2.75) is 45.2 Å². The van der Waals surface area contributed by atoms with E-state index in [1.807, 2.05) is 6.92 Å². The zero-order chi connectivity index (χ0) is 11.5. The van der Waals surface area contributed by atoms with E-state index in [1.54, 1.807) is 0 Å². The topological polar surface area (TPSA) is 12.0 Å². The first-order valence-corrected chi connectivity index (χ1v) is 5.80. The maximum Gasteiger partial charge on any atom is 0.0484 e. The van der Waals surface area contributed by atoms with Crippen molar-refractivity contribution < 1.29 is 0 Å². The Morgan fingerprint density at radius 3 is 2.60 bits per heavy atom. The van der Waals surface area contributed by atoms with Gasteiger partial charge in [-0.15, -0.1) is 11.6 Å². The molecule has 0 aliphatic rings. The van der Waals surface area contributed by atoms with Crippen LogP contribution in [0.5, 0.6) is 0 Å². The SMILES string of the molecule is Cc1cccc(CNC(C)(C)C(C)Cl)c1. The molecule has 0 aliphatic carbocycles. The van der Waals surface area contributed by atoms with Crippen LogP contribution in [0.3, 0.4) is 0 Å². The molecule has 0 aliphatic heterocycles. The molecule has 0 saturated heterocycles. The Bertz CT molecular complexity index is 318. The number of benzene rings is 1. The van der Waals surface area contributed by atoms with Crippen molar-refractivity contribution in [3.63, 3.8) is 0 Å². The average Bonchev–Trinajstić information content (AvgIpc) is 2.15. The van der Waals surface area contributed by atoms with Crippen molar-refractivity contribution in [3.8, 4) is 0 Å². The monoisotopic (exact) mass is 225 g/mol. The summed E-state index contributed by atoms with van der Waals surface area (Å²) in [6.45, 7) is 9.25. The summed E-state index contributed by atoms with van der Waals surface area (Å²) in [5.41, 5.74) is 2.57. The van der Waals surface area contributed by atoms with E-state index in [1.165, 1.54) is 11.1 Å². The molecule has 2 heteroatoms. The first kappa shape index (κ1) is 12.5. The highest BCUT2D eigenvalue weighted by Crippen LogP contribution is 2.15. The Hall–Kier alpha value is -0.530. The number of hydrogen-bond donors (Lipinski definition) is 1. The van der Waals surface area contributed by atoms with Gasteiger partial charge in [-0.25, -0.2) is 0 Å². The molecule has 0 heterocycles. The van der Waals surface area contributed by atoms with Gasteiger partial charge in [-0.3, -0.25) is 0 Å². The maximum atomic E-state index is 6.10. The smallest absolute Gasteiger partial charge is 0.0484 e. The van der Waals surface area contributed by atoms with E-state index in [4.69, 9.17) is 11.6 Å². The van der Waals surface area contributed by atoms with Gasteiger partial charge in [-0.2, -0.15) is 0 Å². The third kappa shape index (κ3) is 3.84. The van der Waals surface area contributed by atoms with Gasteiger partial charge in [-0.05, 0) is 33.3 Å². The number of alkyl halides is 1. The standard InChI is InChI=1S/C13H20ClN/c1-10-6-5-7-12(8-10)9-15-13(3,4)11(2)14/h5-8,11,15H,9H2,1-4H3. The van der Waals surface area contributed by atoms with E-state index in [-0.39, 0.29) is 10.9 Å². The summed E-state index contributed by atoms with van der Waals surface area (Å²) in [6, 6.07) is 8.53. The Morgan fingerprint density at radius 2 is 2.07 bits per heavy atom. The molecule has 0 bridgehead atoms. The van der Waals surface area contributed by atoms with Crippen molar-refractivity contribution >= 4 is 11.6 Å². The van der Waals surface area contributed by atoms with E-state index < -0.39 is 0 Å². The van der Waals surface area contributed by atoms with Gasteiger partial charge in [0.05, 0.1) is 0 Å². The molecular formula is C13H20ClN. The predicted molar refractivity (Wildman–Crippen MR) is 67.4 cm³/mol. The normalized spacial score (nSPS) is 13.9. The molecule has 0 spiro atoms. The van der Waals surface area contributed by atoms with E-state index in [9.17, 15) is 0 Å². The first-order valence-electron chi connectivity index (χ1n) is 5.36. The number of aryl methyl sites for hydroxylation is 1. The molecule has 1 aromatic rings. The Labute approximate surface area is 97.8 Å². The van der Waals surface area contributed by atoms with Gasteiger partial charge in [0.1, 0.15) is 0 Å². The Balaban J connectivity index is 2.57. The molecular weight excluding hydrogens is 206 g/mol. The minimum atomic E-state index is -0.0364. The second-order valence-electron chi connectivity index (χ2n) is 4.68. The lowest BCUT2D eigenvalue weighted by Crippen LogP contribution is -2.45. The van der Waals surface area contributed by atoms with Crippen LogP contribution in [0, 0.1) is 6.92 Å². The van der Waals surface area contributed by atoms with Gasteiger partial charge in [-0.1, -0.05) is 29.8 Å². The second-order valence-corrected chi connectivity index (χ2v) is 5.33. The van der Waals surface area contributed by atoms with Gasteiger partial charge in [0.15, 0.2) is 0 Å². The fourth-order valence-electron chi connectivity index (χ4n) is 1.29. The average molecular weight is 226 g/mol. The highest BCUT2D eigenvalue weighted by molar-refractivity contribution is 6.21. The van der Waals surface area contributed by atoms with Crippen LogP contribution in [0.15, 0.2) is 24.3 Å². The van der Waals surface area contributed by atoms with Crippen LogP contribution in [0.2, 0.25) is 0 Å². The van der Waals surface area contributed by atoms with Gasteiger partial charge in [0.2, 0.25) is 0 Å². The highest BCUT2D eigenvalue weighted by Gasteiger charge is 2.22. The van der Waals surface area contributed by atoms with Crippen molar-refractivity contribution in [1.82, 2.24) is 5.32 Å². The van der Waals surface area contributed by atoms with Crippen LogP contribution in [0.25, 0.3) is 0 Å². The molecule has 0 saturated carbocycles. The fraction of sp³-hybridized carbons (Fsp3) is 0.538. The third-order valence-corrected chi connectivity index (χ3v) is 3.37. The lowest BCUT2D eigenvalue weighted by molar-refractivity contribution is 0.380. The van der Waals surface area contributed by atoms with Gasteiger partial charge >= 0.3 is 0 Å². The third-order valence-electron chi connectivity index (χ3n) is 2.83. The summed E-state index contributed by atoms with van der Waals surface area (Å²) >= 11 is 6.10. The molecule has 0 fully saturated rings. The quantitative estimate of drug-likeness (QED) is 0.774. The summed E-state index contributed by atoms with van der Waals surface area (Å²) in [4.78, 5) is 0. The molecule has 1 N–H and O–H groups in total. The minimum Gasteiger partial charge on any atom is -0.306 e. The molecule has 1 aromatic carbocycles. The van der Waals surface area contributed by atoms with Crippen LogP contribution < -0.4 is 5.32 Å². The van der Waals surface area contributed by atoms with Crippen molar-refractivity contribution in [3.05, 3.63) is 35.4 Å². The van der Waals surface area contributed by atoms with Crippen LogP contribution in [0.4, 0.5) is 0 Å².